The average molecular weight is 666 g/mol. The summed E-state index contributed by atoms with van der Waals surface area (Å²) in [6.45, 7) is 6.03. The van der Waals surface area contributed by atoms with Gasteiger partial charge in [0.2, 0.25) is 15.9 Å². The van der Waals surface area contributed by atoms with Crippen molar-refractivity contribution in [3.63, 3.8) is 0 Å². The molecule has 254 valence electrons. The van der Waals surface area contributed by atoms with Gasteiger partial charge < -0.3 is 24.8 Å². The molecule has 0 saturated heterocycles. The Balaban J connectivity index is 1.63. The van der Waals surface area contributed by atoms with Crippen LogP contribution in [-0.4, -0.2) is 86.1 Å². The number of anilines is 1. The van der Waals surface area contributed by atoms with Crippen LogP contribution in [0.4, 0.5) is 5.69 Å². The van der Waals surface area contributed by atoms with Crippen LogP contribution < -0.4 is 10.1 Å². The van der Waals surface area contributed by atoms with Crippen molar-refractivity contribution >= 4 is 27.5 Å². The lowest BCUT2D eigenvalue weighted by atomic mass is 10.0. The third kappa shape index (κ3) is 9.87. The summed E-state index contributed by atoms with van der Waals surface area (Å²) in [5.74, 6) is -0.505. The number of fused-ring (bicyclic) bond motifs is 1. The van der Waals surface area contributed by atoms with E-state index < -0.39 is 22.2 Å². The summed E-state index contributed by atoms with van der Waals surface area (Å²) in [6, 6.07) is 22.1. The minimum Gasteiger partial charge on any atom is -0.490 e. The molecule has 10 nitrogen and oxygen atoms in total. The summed E-state index contributed by atoms with van der Waals surface area (Å²) >= 11 is 0. The first-order valence-electron chi connectivity index (χ1n) is 16.2. The largest absolute Gasteiger partial charge is 0.490 e. The number of nitrogens with one attached hydrogen (secondary N) is 1. The molecule has 3 aromatic rings. The van der Waals surface area contributed by atoms with E-state index in [0.717, 1.165) is 18.4 Å². The zero-order chi connectivity index (χ0) is 34.0. The lowest BCUT2D eigenvalue weighted by Gasteiger charge is -2.35. The molecule has 0 saturated carbocycles. The third-order valence-corrected chi connectivity index (χ3v) is 10.3. The second-order valence-corrected chi connectivity index (χ2v) is 14.4. The molecule has 4 rings (SSSR count). The number of hydrogen-bond donors (Lipinski definition) is 2. The first kappa shape index (κ1) is 36.1. The minimum absolute atomic E-state index is 0.0849. The zero-order valence-corrected chi connectivity index (χ0v) is 28.5. The molecule has 2 N–H and O–H groups in total. The van der Waals surface area contributed by atoms with Gasteiger partial charge in [-0.25, -0.2) is 8.42 Å². The molecule has 0 radical (unpaired) electrons. The number of rotatable bonds is 9. The number of aliphatic hydroxyl groups is 1. The lowest BCUT2D eigenvalue weighted by Crippen LogP contribution is -2.48. The SMILES string of the molecule is C[C@H](CO)N1C[C@H](C)[C@H](CN(C)S(=O)(=O)c2ccccc2)OCCCC[C@H](C)Oc2ccc(NC(=O)Cc3ccccc3)cc2C1=O. The van der Waals surface area contributed by atoms with Crippen molar-refractivity contribution in [2.24, 2.45) is 5.92 Å². The fourth-order valence-corrected chi connectivity index (χ4v) is 6.78. The number of aliphatic hydroxyl groups excluding tert-OH is 1. The highest BCUT2D eigenvalue weighted by molar-refractivity contribution is 7.89. The summed E-state index contributed by atoms with van der Waals surface area (Å²) in [4.78, 5) is 29.0. The number of ether oxygens (including phenoxy) is 2. The maximum atomic E-state index is 14.3. The minimum atomic E-state index is -3.77. The van der Waals surface area contributed by atoms with Gasteiger partial charge in [0, 0.05) is 38.3 Å². The van der Waals surface area contributed by atoms with E-state index in [1.54, 1.807) is 60.4 Å². The average Bonchev–Trinajstić information content (AvgIpc) is 3.06. The van der Waals surface area contributed by atoms with E-state index in [1.807, 2.05) is 44.2 Å². The van der Waals surface area contributed by atoms with Gasteiger partial charge in [0.25, 0.3) is 5.91 Å². The van der Waals surface area contributed by atoms with E-state index >= 15 is 0 Å². The van der Waals surface area contributed by atoms with Crippen LogP contribution in [0.25, 0.3) is 0 Å². The Morgan fingerprint density at radius 2 is 1.72 bits per heavy atom. The van der Waals surface area contributed by atoms with Gasteiger partial charge in [0.05, 0.1) is 41.7 Å². The highest BCUT2D eigenvalue weighted by Crippen LogP contribution is 2.29. The van der Waals surface area contributed by atoms with Crippen LogP contribution in [0.5, 0.6) is 5.75 Å². The molecule has 3 aromatic carbocycles. The molecule has 0 fully saturated rings. The molecule has 0 unspecified atom stereocenters. The van der Waals surface area contributed by atoms with Crippen LogP contribution in [0, 0.1) is 5.92 Å². The van der Waals surface area contributed by atoms with Crippen LogP contribution in [0.2, 0.25) is 0 Å². The molecule has 0 aliphatic carbocycles. The third-order valence-electron chi connectivity index (χ3n) is 8.43. The number of nitrogens with zero attached hydrogens (tertiary/aromatic N) is 2. The molecule has 1 aliphatic rings. The summed E-state index contributed by atoms with van der Waals surface area (Å²) in [5, 5.41) is 13.1. The molecule has 0 bridgehead atoms. The summed E-state index contributed by atoms with van der Waals surface area (Å²) in [6.07, 6.45) is 1.72. The lowest BCUT2D eigenvalue weighted by molar-refractivity contribution is -0.115. The number of hydrogen-bond acceptors (Lipinski definition) is 7. The zero-order valence-electron chi connectivity index (χ0n) is 27.7. The molecule has 4 atom stereocenters. The first-order valence-corrected chi connectivity index (χ1v) is 17.6. The van der Waals surface area contributed by atoms with Crippen molar-refractivity contribution in [2.45, 2.75) is 69.6 Å². The fraction of sp³-hybridized carbons (Fsp3) is 0.444. The highest BCUT2D eigenvalue weighted by atomic mass is 32.2. The quantitative estimate of drug-likeness (QED) is 0.330. The Hall–Kier alpha value is -3.77. The van der Waals surface area contributed by atoms with Crippen LogP contribution in [0.1, 0.15) is 56.0 Å². The van der Waals surface area contributed by atoms with Crippen molar-refractivity contribution in [2.75, 3.05) is 38.7 Å². The smallest absolute Gasteiger partial charge is 0.258 e. The van der Waals surface area contributed by atoms with Gasteiger partial charge in [-0.3, -0.25) is 9.59 Å². The second kappa shape index (κ2) is 16.9. The van der Waals surface area contributed by atoms with Gasteiger partial charge in [-0.2, -0.15) is 4.31 Å². The van der Waals surface area contributed by atoms with Crippen molar-refractivity contribution in [3.8, 4) is 5.75 Å². The number of amides is 2. The van der Waals surface area contributed by atoms with Crippen molar-refractivity contribution in [1.29, 1.82) is 0 Å². The Morgan fingerprint density at radius 1 is 1.04 bits per heavy atom. The van der Waals surface area contributed by atoms with Crippen molar-refractivity contribution in [3.05, 3.63) is 90.0 Å². The van der Waals surface area contributed by atoms with Gasteiger partial charge in [-0.15, -0.1) is 0 Å². The summed E-state index contributed by atoms with van der Waals surface area (Å²) in [5.41, 5.74) is 1.58. The topological polar surface area (TPSA) is 125 Å². The number of sulfonamides is 1. The van der Waals surface area contributed by atoms with Crippen LogP contribution >= 0.6 is 0 Å². The standard InChI is InChI=1S/C36H47N3O7S/c1-26-23-39(27(2)25-40)36(42)32-22-30(37-35(41)21-29-14-7-5-8-15-29)18-19-33(32)46-28(3)13-11-12-20-45-34(26)24-38(4)47(43,44)31-16-9-6-10-17-31/h5-10,14-19,22,26-28,34,40H,11-13,20-21,23-25H2,1-4H3,(H,37,41)/t26-,27+,28-,34-/m0/s1. The molecule has 1 aliphatic heterocycles. The highest BCUT2D eigenvalue weighted by Gasteiger charge is 2.32. The number of carbonyl (C=O) groups excluding carboxylic acids is 2. The van der Waals surface area contributed by atoms with Crippen LogP contribution in [-0.2, 0) is 26.0 Å². The molecule has 1 heterocycles. The van der Waals surface area contributed by atoms with Gasteiger partial charge in [-0.1, -0.05) is 55.5 Å². The predicted molar refractivity (Wildman–Crippen MR) is 182 cm³/mol. The van der Waals surface area contributed by atoms with Gasteiger partial charge in [0.1, 0.15) is 5.75 Å². The van der Waals surface area contributed by atoms with E-state index in [2.05, 4.69) is 5.32 Å². The molecular weight excluding hydrogens is 618 g/mol. The van der Waals surface area contributed by atoms with E-state index in [0.29, 0.717) is 24.5 Å². The molecule has 0 spiro atoms. The van der Waals surface area contributed by atoms with Crippen molar-refractivity contribution < 1.29 is 32.6 Å². The Kier molecular flexibility index (Phi) is 12.9. The predicted octanol–water partition coefficient (Wildman–Crippen LogP) is 4.98. The molecule has 47 heavy (non-hydrogen) atoms. The molecular formula is C36H47N3O7S. The van der Waals surface area contributed by atoms with Crippen molar-refractivity contribution in [1.82, 2.24) is 9.21 Å². The van der Waals surface area contributed by atoms with Crippen LogP contribution in [0.3, 0.4) is 0 Å². The normalized spacial score (nSPS) is 20.5. The summed E-state index contributed by atoms with van der Waals surface area (Å²) < 4.78 is 40.6. The van der Waals surface area contributed by atoms with E-state index in [1.165, 1.54) is 11.4 Å². The number of carbonyl (C=O) groups is 2. The van der Waals surface area contributed by atoms with Crippen LogP contribution in [0.15, 0.2) is 83.8 Å². The monoisotopic (exact) mass is 665 g/mol. The van der Waals surface area contributed by atoms with E-state index in [9.17, 15) is 23.1 Å². The Morgan fingerprint density at radius 3 is 2.40 bits per heavy atom. The maximum absolute atomic E-state index is 14.3. The van der Waals surface area contributed by atoms with E-state index in [4.69, 9.17) is 9.47 Å². The number of benzene rings is 3. The molecule has 11 heteroatoms. The van der Waals surface area contributed by atoms with Gasteiger partial charge >= 0.3 is 0 Å². The Labute approximate surface area is 278 Å². The van der Waals surface area contributed by atoms with Gasteiger partial charge in [-0.05, 0) is 69.0 Å². The number of likely N-dealkylation sites (N-methyl/N-ethyl adjacent to an activating group) is 1. The second-order valence-electron chi connectivity index (χ2n) is 12.3. The fourth-order valence-electron chi connectivity index (χ4n) is 5.57. The molecule has 2 amide bonds. The summed E-state index contributed by atoms with van der Waals surface area (Å²) in [7, 11) is -2.23. The molecule has 0 aromatic heterocycles. The Bertz CT molecular complexity index is 1570. The van der Waals surface area contributed by atoms with Gasteiger partial charge in [0.15, 0.2) is 0 Å². The first-order chi connectivity index (χ1) is 22.5. The maximum Gasteiger partial charge on any atom is 0.258 e. The van der Waals surface area contributed by atoms with E-state index in [-0.39, 0.29) is 60.4 Å².